The maximum Gasteiger partial charge on any atom is 0.234 e. The monoisotopic (exact) mass is 423 g/mol. The van der Waals surface area contributed by atoms with E-state index in [0.29, 0.717) is 40.1 Å². The second kappa shape index (κ2) is 7.34. The maximum absolute atomic E-state index is 12.5. The van der Waals surface area contributed by atoms with Gasteiger partial charge in [-0.05, 0) is 23.8 Å². The van der Waals surface area contributed by atoms with Crippen molar-refractivity contribution < 1.29 is 4.79 Å². The Morgan fingerprint density at radius 1 is 1.17 bits per heavy atom. The van der Waals surface area contributed by atoms with Gasteiger partial charge in [-0.2, -0.15) is 9.61 Å². The van der Waals surface area contributed by atoms with E-state index in [1.807, 2.05) is 30.3 Å². The zero-order valence-corrected chi connectivity index (χ0v) is 16.6. The van der Waals surface area contributed by atoms with Crippen molar-refractivity contribution in [2.24, 2.45) is 0 Å². The number of pyridine rings is 1. The number of H-pyrrole nitrogens is 1. The first kappa shape index (κ1) is 17.9. The quantitative estimate of drug-likeness (QED) is 0.419. The van der Waals surface area contributed by atoms with Crippen LogP contribution >= 0.6 is 22.9 Å². The summed E-state index contributed by atoms with van der Waals surface area (Å²) >= 11 is 7.70. The molecule has 0 bridgehead atoms. The molecule has 144 valence electrons. The van der Waals surface area contributed by atoms with E-state index in [4.69, 9.17) is 11.6 Å². The average molecular weight is 424 g/mol. The number of nitrogens with zero attached hydrogens (tertiary/aromatic N) is 6. The summed E-state index contributed by atoms with van der Waals surface area (Å²) in [5.74, 6) is 0.840. The van der Waals surface area contributed by atoms with E-state index in [9.17, 15) is 4.79 Å². The van der Waals surface area contributed by atoms with Crippen LogP contribution in [-0.4, -0.2) is 40.5 Å². The van der Waals surface area contributed by atoms with Crippen LogP contribution in [0.25, 0.3) is 16.1 Å². The van der Waals surface area contributed by atoms with Crippen LogP contribution in [0.1, 0.15) is 33.4 Å². The fraction of sp³-hybridized carbons (Fsp3) is 0.158. The lowest BCUT2D eigenvalue weighted by Crippen LogP contribution is -2.06. The van der Waals surface area contributed by atoms with Crippen LogP contribution in [0.3, 0.4) is 0 Å². The van der Waals surface area contributed by atoms with E-state index in [1.54, 1.807) is 16.8 Å². The topological polar surface area (TPSA) is 102 Å². The summed E-state index contributed by atoms with van der Waals surface area (Å²) in [6.07, 6.45) is 2.93. The molecular weight excluding hydrogens is 410 g/mol. The molecule has 4 heterocycles. The first-order valence-electron chi connectivity index (χ1n) is 8.95. The van der Waals surface area contributed by atoms with Crippen LogP contribution in [0.5, 0.6) is 0 Å². The van der Waals surface area contributed by atoms with Gasteiger partial charge in [0.05, 0.1) is 5.52 Å². The normalized spacial score (nSPS) is 11.5. The van der Waals surface area contributed by atoms with E-state index >= 15 is 0 Å². The Hall–Kier alpha value is -3.17. The number of ketones is 1. The smallest absolute Gasteiger partial charge is 0.234 e. The molecule has 0 fully saturated rings. The van der Waals surface area contributed by atoms with Crippen LogP contribution < -0.4 is 0 Å². The summed E-state index contributed by atoms with van der Waals surface area (Å²) in [4.78, 5) is 24.6. The van der Waals surface area contributed by atoms with E-state index in [1.165, 1.54) is 11.3 Å². The van der Waals surface area contributed by atoms with E-state index in [0.717, 1.165) is 16.1 Å². The van der Waals surface area contributed by atoms with Gasteiger partial charge in [0, 0.05) is 30.5 Å². The maximum atomic E-state index is 12.5. The van der Waals surface area contributed by atoms with Gasteiger partial charge in [0.25, 0.3) is 0 Å². The van der Waals surface area contributed by atoms with Crippen molar-refractivity contribution in [1.29, 1.82) is 0 Å². The van der Waals surface area contributed by atoms with E-state index < -0.39 is 0 Å². The van der Waals surface area contributed by atoms with Crippen LogP contribution in [0.4, 0.5) is 0 Å². The molecule has 0 aliphatic rings. The third-order valence-electron chi connectivity index (χ3n) is 4.49. The number of imidazole rings is 1. The first-order chi connectivity index (χ1) is 14.2. The highest BCUT2D eigenvalue weighted by Gasteiger charge is 2.17. The molecule has 1 N–H and O–H groups in total. The lowest BCUT2D eigenvalue weighted by molar-refractivity contribution is 0.0973. The highest BCUT2D eigenvalue weighted by atomic mass is 35.5. The molecule has 29 heavy (non-hydrogen) atoms. The number of hydrogen-bond donors (Lipinski definition) is 1. The van der Waals surface area contributed by atoms with Gasteiger partial charge < -0.3 is 4.98 Å². The van der Waals surface area contributed by atoms with Crippen LogP contribution in [0.15, 0.2) is 42.6 Å². The summed E-state index contributed by atoms with van der Waals surface area (Å²) in [6, 6.07) is 11.3. The van der Waals surface area contributed by atoms with Gasteiger partial charge >= 0.3 is 0 Å². The number of nitrogens with one attached hydrogen (secondary N) is 1. The van der Waals surface area contributed by atoms with Crippen LogP contribution in [0, 0.1) is 0 Å². The standard InChI is InChI=1S/C19H14ClN7OS/c20-12-5-2-1-4-11(12)10-16-26-27-15(24-25-19(27)29-16)8-7-14(28)18-22-13-6-3-9-21-17(13)23-18/h1-6,9H,7-8,10H2,(H,21,22,23). The minimum atomic E-state index is -0.105. The Morgan fingerprint density at radius 2 is 2.07 bits per heavy atom. The molecule has 0 unspecified atom stereocenters. The number of benzene rings is 1. The number of rotatable bonds is 6. The molecular formula is C19H14ClN7OS. The number of hydrogen-bond acceptors (Lipinski definition) is 7. The molecule has 0 spiro atoms. The molecule has 0 aliphatic heterocycles. The average Bonchev–Trinajstić information content (AvgIpc) is 3.42. The van der Waals surface area contributed by atoms with E-state index in [2.05, 4.69) is 30.2 Å². The lowest BCUT2D eigenvalue weighted by Gasteiger charge is -2.00. The molecule has 0 aliphatic carbocycles. The Kier molecular flexibility index (Phi) is 4.53. The molecule has 8 nitrogen and oxygen atoms in total. The molecule has 5 aromatic rings. The second-order valence-electron chi connectivity index (χ2n) is 6.46. The molecule has 0 amide bonds. The molecule has 5 rings (SSSR count). The molecule has 1 aromatic carbocycles. The number of fused-ring (bicyclic) bond motifs is 2. The Bertz CT molecular complexity index is 1310. The SMILES string of the molecule is O=C(CCc1nnc2sc(Cc3ccccc3Cl)nn12)c1nc2ncccc2[nH]1. The molecule has 0 atom stereocenters. The van der Waals surface area contributed by atoms with Crippen LogP contribution in [0.2, 0.25) is 5.02 Å². The Morgan fingerprint density at radius 3 is 2.93 bits per heavy atom. The number of aromatic nitrogens is 7. The highest BCUT2D eigenvalue weighted by molar-refractivity contribution is 7.16. The predicted octanol–water partition coefficient (Wildman–Crippen LogP) is 3.52. The van der Waals surface area contributed by atoms with Gasteiger partial charge in [-0.3, -0.25) is 4.79 Å². The van der Waals surface area contributed by atoms with Gasteiger partial charge in [-0.25, -0.2) is 9.97 Å². The lowest BCUT2D eigenvalue weighted by atomic mass is 10.2. The number of carbonyl (C=O) groups is 1. The summed E-state index contributed by atoms with van der Waals surface area (Å²) in [5.41, 5.74) is 2.28. The van der Waals surface area contributed by atoms with Gasteiger partial charge in [0.15, 0.2) is 23.1 Å². The van der Waals surface area contributed by atoms with Crippen molar-refractivity contribution in [3.8, 4) is 0 Å². The van der Waals surface area contributed by atoms with Gasteiger partial charge in [0.2, 0.25) is 4.96 Å². The number of Topliss-reactive ketones (excluding diaryl/α,β-unsaturated/α-hetero) is 1. The van der Waals surface area contributed by atoms with Crippen molar-refractivity contribution in [2.75, 3.05) is 0 Å². The number of halogens is 1. The zero-order chi connectivity index (χ0) is 19.8. The summed E-state index contributed by atoms with van der Waals surface area (Å²) in [5, 5.41) is 14.6. The van der Waals surface area contributed by atoms with Gasteiger partial charge in [0.1, 0.15) is 5.01 Å². The van der Waals surface area contributed by atoms with E-state index in [-0.39, 0.29) is 12.2 Å². The molecule has 0 saturated heterocycles. The Labute approximate surface area is 173 Å². The molecule has 0 saturated carbocycles. The minimum Gasteiger partial charge on any atom is -0.334 e. The third kappa shape index (κ3) is 3.50. The summed E-state index contributed by atoms with van der Waals surface area (Å²) < 4.78 is 1.70. The molecule has 10 heteroatoms. The number of aromatic amines is 1. The summed E-state index contributed by atoms with van der Waals surface area (Å²) in [7, 11) is 0. The largest absolute Gasteiger partial charge is 0.334 e. The fourth-order valence-corrected chi connectivity index (χ4v) is 4.13. The first-order valence-corrected chi connectivity index (χ1v) is 10.1. The molecule has 0 radical (unpaired) electrons. The van der Waals surface area contributed by atoms with Crippen molar-refractivity contribution in [3.63, 3.8) is 0 Å². The van der Waals surface area contributed by atoms with Gasteiger partial charge in [-0.1, -0.05) is 41.1 Å². The van der Waals surface area contributed by atoms with Crippen molar-refractivity contribution in [2.45, 2.75) is 19.3 Å². The highest BCUT2D eigenvalue weighted by Crippen LogP contribution is 2.22. The van der Waals surface area contributed by atoms with Crippen molar-refractivity contribution >= 4 is 44.8 Å². The number of carbonyl (C=O) groups excluding carboxylic acids is 1. The predicted molar refractivity (Wildman–Crippen MR) is 109 cm³/mol. The molecule has 4 aromatic heterocycles. The summed E-state index contributed by atoms with van der Waals surface area (Å²) in [6.45, 7) is 0. The number of aryl methyl sites for hydroxylation is 1. The zero-order valence-electron chi connectivity index (χ0n) is 15.0. The van der Waals surface area contributed by atoms with Gasteiger partial charge in [-0.15, -0.1) is 10.2 Å². The second-order valence-corrected chi connectivity index (χ2v) is 7.91. The Balaban J connectivity index is 1.32. The minimum absolute atomic E-state index is 0.105. The third-order valence-corrected chi connectivity index (χ3v) is 5.76. The fourth-order valence-electron chi connectivity index (χ4n) is 3.05. The van der Waals surface area contributed by atoms with Crippen molar-refractivity contribution in [3.05, 3.63) is 69.8 Å². The van der Waals surface area contributed by atoms with Crippen molar-refractivity contribution in [1.82, 2.24) is 34.8 Å². The van der Waals surface area contributed by atoms with Crippen LogP contribution in [-0.2, 0) is 12.8 Å².